The van der Waals surface area contributed by atoms with Crippen LogP contribution in [0.2, 0.25) is 0 Å². The van der Waals surface area contributed by atoms with Crippen LogP contribution in [0.1, 0.15) is 0 Å². The molecule has 0 radical (unpaired) electrons. The van der Waals surface area contributed by atoms with E-state index in [9.17, 15) is 0 Å². The molecule has 1 rings (SSSR count). The summed E-state index contributed by atoms with van der Waals surface area (Å²) in [7, 11) is 0. The van der Waals surface area contributed by atoms with Crippen LogP contribution < -0.4 is 0 Å². The molecule has 1 heterocycles. The van der Waals surface area contributed by atoms with Gasteiger partial charge in [-0.3, -0.25) is 0 Å². The SMILES string of the molecule is OC1CN(O)CC(O)C1O. The van der Waals surface area contributed by atoms with E-state index >= 15 is 0 Å². The van der Waals surface area contributed by atoms with Gasteiger partial charge in [0.1, 0.15) is 6.10 Å². The molecule has 0 aromatic heterocycles. The molecule has 0 aromatic carbocycles. The molecule has 2 unspecified atom stereocenters. The third kappa shape index (κ3) is 1.44. The summed E-state index contributed by atoms with van der Waals surface area (Å²) in [4.78, 5) is 0. The number of β-amino-alcohol motifs (C(OH)–C–C–N with tert-alkyl or cyclic N) is 2. The predicted molar refractivity (Wildman–Crippen MR) is 31.4 cm³/mol. The van der Waals surface area contributed by atoms with E-state index in [1.807, 2.05) is 0 Å². The Labute approximate surface area is 58.1 Å². The zero-order chi connectivity index (χ0) is 7.72. The largest absolute Gasteiger partial charge is 0.389 e. The minimum atomic E-state index is -1.14. The Morgan fingerprint density at radius 3 is 1.80 bits per heavy atom. The molecular formula is C5H11NO4. The minimum absolute atomic E-state index is 0.0156. The molecule has 0 bridgehead atoms. The summed E-state index contributed by atoms with van der Waals surface area (Å²) >= 11 is 0. The van der Waals surface area contributed by atoms with Gasteiger partial charge < -0.3 is 20.5 Å². The molecule has 1 aliphatic rings. The molecule has 0 saturated carbocycles. The molecule has 0 spiro atoms. The Balaban J connectivity index is 2.49. The van der Waals surface area contributed by atoms with Crippen molar-refractivity contribution in [1.82, 2.24) is 5.06 Å². The fourth-order valence-electron chi connectivity index (χ4n) is 0.979. The van der Waals surface area contributed by atoms with Crippen LogP contribution in [0.25, 0.3) is 0 Å². The topological polar surface area (TPSA) is 84.2 Å². The smallest absolute Gasteiger partial charge is 0.108 e. The van der Waals surface area contributed by atoms with Gasteiger partial charge in [0, 0.05) is 0 Å². The van der Waals surface area contributed by atoms with E-state index < -0.39 is 18.3 Å². The molecule has 1 aliphatic heterocycles. The summed E-state index contributed by atoms with van der Waals surface area (Å²) in [5.74, 6) is 0. The first-order valence-corrected chi connectivity index (χ1v) is 3.09. The quantitative estimate of drug-likeness (QED) is 0.313. The lowest BCUT2D eigenvalue weighted by atomic mass is 10.0. The van der Waals surface area contributed by atoms with Crippen LogP contribution in [0.3, 0.4) is 0 Å². The normalized spacial score (nSPS) is 43.8. The number of aliphatic hydroxyl groups is 3. The first-order chi connectivity index (χ1) is 4.61. The fraction of sp³-hybridized carbons (Fsp3) is 1.00. The predicted octanol–water partition coefficient (Wildman–Crippen LogP) is -2.23. The van der Waals surface area contributed by atoms with Crippen LogP contribution in [-0.2, 0) is 0 Å². The summed E-state index contributed by atoms with van der Waals surface area (Å²) in [6, 6.07) is 0. The van der Waals surface area contributed by atoms with E-state index in [1.165, 1.54) is 0 Å². The second-order valence-electron chi connectivity index (χ2n) is 2.50. The summed E-state index contributed by atoms with van der Waals surface area (Å²) in [6.07, 6.45) is -3.26. The maximum Gasteiger partial charge on any atom is 0.108 e. The van der Waals surface area contributed by atoms with Gasteiger partial charge in [-0.05, 0) is 0 Å². The lowest BCUT2D eigenvalue weighted by molar-refractivity contribution is -0.199. The second kappa shape index (κ2) is 2.81. The molecule has 4 N–H and O–H groups in total. The number of rotatable bonds is 0. The molecule has 10 heavy (non-hydrogen) atoms. The van der Waals surface area contributed by atoms with Gasteiger partial charge in [0.2, 0.25) is 0 Å². The lowest BCUT2D eigenvalue weighted by Crippen LogP contribution is -2.54. The number of aliphatic hydroxyl groups excluding tert-OH is 3. The molecule has 1 fully saturated rings. The minimum Gasteiger partial charge on any atom is -0.389 e. The van der Waals surface area contributed by atoms with Crippen LogP contribution in [0.5, 0.6) is 0 Å². The molecule has 5 nitrogen and oxygen atoms in total. The van der Waals surface area contributed by atoms with Crippen molar-refractivity contribution in [3.8, 4) is 0 Å². The van der Waals surface area contributed by atoms with Crippen molar-refractivity contribution in [3.05, 3.63) is 0 Å². The van der Waals surface area contributed by atoms with Crippen LogP contribution in [0, 0.1) is 0 Å². The third-order valence-corrected chi connectivity index (χ3v) is 1.58. The summed E-state index contributed by atoms with van der Waals surface area (Å²) < 4.78 is 0. The zero-order valence-electron chi connectivity index (χ0n) is 5.38. The molecule has 2 atom stereocenters. The van der Waals surface area contributed by atoms with Gasteiger partial charge in [-0.1, -0.05) is 0 Å². The van der Waals surface area contributed by atoms with Gasteiger partial charge >= 0.3 is 0 Å². The monoisotopic (exact) mass is 149 g/mol. The average molecular weight is 149 g/mol. The van der Waals surface area contributed by atoms with Crippen molar-refractivity contribution in [3.63, 3.8) is 0 Å². The summed E-state index contributed by atoms with van der Waals surface area (Å²) in [6.45, 7) is -0.0313. The standard InChI is InChI=1S/C5H11NO4/c7-3-1-6(10)2-4(8)5(3)9/h3-5,7-10H,1-2H2. The van der Waals surface area contributed by atoms with Gasteiger partial charge in [0.25, 0.3) is 0 Å². The van der Waals surface area contributed by atoms with Crippen molar-refractivity contribution in [2.75, 3.05) is 13.1 Å². The van der Waals surface area contributed by atoms with Crippen molar-refractivity contribution in [1.29, 1.82) is 0 Å². The van der Waals surface area contributed by atoms with Crippen LogP contribution in [0.4, 0.5) is 0 Å². The Bertz CT molecular complexity index is 108. The van der Waals surface area contributed by atoms with Crippen LogP contribution in [0.15, 0.2) is 0 Å². The number of piperidine rings is 1. The van der Waals surface area contributed by atoms with Gasteiger partial charge in [0.05, 0.1) is 25.3 Å². The molecule has 0 amide bonds. The number of hydrogen-bond acceptors (Lipinski definition) is 5. The highest BCUT2D eigenvalue weighted by Gasteiger charge is 2.32. The van der Waals surface area contributed by atoms with E-state index in [0.29, 0.717) is 0 Å². The van der Waals surface area contributed by atoms with Crippen molar-refractivity contribution in [2.24, 2.45) is 0 Å². The van der Waals surface area contributed by atoms with E-state index in [-0.39, 0.29) is 13.1 Å². The van der Waals surface area contributed by atoms with E-state index in [0.717, 1.165) is 5.06 Å². The van der Waals surface area contributed by atoms with Crippen molar-refractivity contribution >= 4 is 0 Å². The molecular weight excluding hydrogens is 138 g/mol. The first kappa shape index (κ1) is 7.90. The Morgan fingerprint density at radius 1 is 1.00 bits per heavy atom. The van der Waals surface area contributed by atoms with Gasteiger partial charge in [-0.15, -0.1) is 0 Å². The summed E-state index contributed by atoms with van der Waals surface area (Å²) in [5.41, 5.74) is 0. The zero-order valence-corrected chi connectivity index (χ0v) is 5.38. The fourth-order valence-corrected chi connectivity index (χ4v) is 0.979. The second-order valence-corrected chi connectivity index (χ2v) is 2.50. The number of hydroxylamine groups is 2. The van der Waals surface area contributed by atoms with Gasteiger partial charge in [0.15, 0.2) is 0 Å². The number of nitrogens with zero attached hydrogens (tertiary/aromatic N) is 1. The molecule has 5 heteroatoms. The van der Waals surface area contributed by atoms with Gasteiger partial charge in [-0.25, -0.2) is 0 Å². The van der Waals surface area contributed by atoms with Crippen molar-refractivity contribution in [2.45, 2.75) is 18.3 Å². The highest BCUT2D eigenvalue weighted by molar-refractivity contribution is 4.82. The molecule has 0 aliphatic carbocycles. The van der Waals surface area contributed by atoms with E-state index in [1.54, 1.807) is 0 Å². The van der Waals surface area contributed by atoms with E-state index in [4.69, 9.17) is 20.5 Å². The Hall–Kier alpha value is -0.200. The highest BCUT2D eigenvalue weighted by atomic mass is 16.5. The maximum atomic E-state index is 8.93. The molecule has 0 aromatic rings. The average Bonchev–Trinajstić information content (AvgIpc) is 1.82. The Morgan fingerprint density at radius 2 is 1.40 bits per heavy atom. The lowest BCUT2D eigenvalue weighted by Gasteiger charge is -2.32. The number of hydrogen-bond donors (Lipinski definition) is 4. The third-order valence-electron chi connectivity index (χ3n) is 1.58. The molecule has 1 saturated heterocycles. The van der Waals surface area contributed by atoms with Crippen LogP contribution in [-0.4, -0.2) is 57.0 Å². The Kier molecular flexibility index (Phi) is 2.22. The van der Waals surface area contributed by atoms with Crippen molar-refractivity contribution < 1.29 is 20.5 Å². The van der Waals surface area contributed by atoms with E-state index in [2.05, 4.69) is 0 Å². The highest BCUT2D eigenvalue weighted by Crippen LogP contribution is 2.08. The van der Waals surface area contributed by atoms with Crippen LogP contribution >= 0.6 is 0 Å². The summed E-state index contributed by atoms with van der Waals surface area (Å²) in [5, 5.41) is 36.3. The molecule has 60 valence electrons. The van der Waals surface area contributed by atoms with Gasteiger partial charge in [-0.2, -0.15) is 5.06 Å². The first-order valence-electron chi connectivity index (χ1n) is 3.09. The maximum absolute atomic E-state index is 8.93.